The van der Waals surface area contributed by atoms with E-state index in [0.717, 1.165) is 19.3 Å². The van der Waals surface area contributed by atoms with E-state index in [4.69, 9.17) is 0 Å². The van der Waals surface area contributed by atoms with Gasteiger partial charge in [0.25, 0.3) is 0 Å². The molecule has 0 spiro atoms. The average molecular weight is 604 g/mol. The van der Waals surface area contributed by atoms with Crippen molar-refractivity contribution in [2.45, 2.75) is 104 Å². The number of carboxylic acid groups (broad SMARTS) is 1. The van der Waals surface area contributed by atoms with Crippen LogP contribution < -0.4 is 16.0 Å². The largest absolute Gasteiger partial charge is 0.478 e. The summed E-state index contributed by atoms with van der Waals surface area (Å²) in [6.07, 6.45) is 14.3. The predicted molar refractivity (Wildman–Crippen MR) is 173 cm³/mol. The first-order valence-corrected chi connectivity index (χ1v) is 17.2. The molecule has 7 nitrogen and oxygen atoms in total. The van der Waals surface area contributed by atoms with Gasteiger partial charge in [0.2, 0.25) is 5.91 Å². The minimum absolute atomic E-state index is 0.0772. The Balaban J connectivity index is 1.21. The molecule has 1 aromatic carbocycles. The number of amides is 3. The van der Waals surface area contributed by atoms with E-state index in [9.17, 15) is 19.5 Å². The lowest BCUT2D eigenvalue weighted by Crippen LogP contribution is -2.67. The third kappa shape index (κ3) is 4.79. The number of benzene rings is 1. The topological polar surface area (TPSA) is 108 Å². The third-order valence-corrected chi connectivity index (χ3v) is 14.2. The Labute approximate surface area is 263 Å². The molecule has 240 valence electrons. The van der Waals surface area contributed by atoms with Crippen LogP contribution in [-0.2, 0) is 4.79 Å². The summed E-state index contributed by atoms with van der Waals surface area (Å²) in [6, 6.07) is 7.40. The number of urea groups is 1. The van der Waals surface area contributed by atoms with Gasteiger partial charge in [-0.3, -0.25) is 4.79 Å². The summed E-state index contributed by atoms with van der Waals surface area (Å²) < 4.78 is 0. The molecule has 4 fully saturated rings. The van der Waals surface area contributed by atoms with E-state index in [1.165, 1.54) is 63.0 Å². The van der Waals surface area contributed by atoms with Crippen LogP contribution in [0.1, 0.15) is 115 Å². The third-order valence-electron chi connectivity index (χ3n) is 14.2. The van der Waals surface area contributed by atoms with Crippen LogP contribution >= 0.6 is 0 Å². The Morgan fingerprint density at radius 1 is 0.841 bits per heavy atom. The Hall–Kier alpha value is -2.83. The highest BCUT2D eigenvalue weighted by molar-refractivity contribution is 5.88. The van der Waals surface area contributed by atoms with Gasteiger partial charge in [-0.05, 0) is 127 Å². The molecular formula is C37H53N3O4. The van der Waals surface area contributed by atoms with Crippen molar-refractivity contribution in [1.82, 2.24) is 16.0 Å². The van der Waals surface area contributed by atoms with Crippen LogP contribution in [0.15, 0.2) is 30.3 Å². The SMILES string of the molecule is CC(=O)NCCNC(=O)NC12CCCC1[C@H]1CCC3C4(C)CC=C(c5ccc(C(=O)O)cc5)C(C)C4CCC3(C)[C@]1(C)CC2. The predicted octanol–water partition coefficient (Wildman–Crippen LogP) is 7.03. The summed E-state index contributed by atoms with van der Waals surface area (Å²) in [6.45, 7) is 12.7. The van der Waals surface area contributed by atoms with Crippen molar-refractivity contribution < 1.29 is 19.5 Å². The molecule has 0 saturated heterocycles. The summed E-state index contributed by atoms with van der Waals surface area (Å²) in [4.78, 5) is 35.7. The molecule has 0 aliphatic heterocycles. The molecule has 7 unspecified atom stereocenters. The van der Waals surface area contributed by atoms with Crippen LogP contribution in [0.4, 0.5) is 4.79 Å². The number of rotatable bonds is 6. The maximum Gasteiger partial charge on any atom is 0.335 e. The molecule has 9 atom stereocenters. The van der Waals surface area contributed by atoms with E-state index in [0.29, 0.717) is 48.2 Å². The van der Waals surface area contributed by atoms with Gasteiger partial charge >= 0.3 is 12.0 Å². The molecule has 4 N–H and O–H groups in total. The second-order valence-electron chi connectivity index (χ2n) is 15.8. The molecule has 5 aliphatic carbocycles. The van der Waals surface area contributed by atoms with Crippen LogP contribution in [-0.4, -0.2) is 41.6 Å². The molecule has 0 heterocycles. The van der Waals surface area contributed by atoms with Gasteiger partial charge in [-0.1, -0.05) is 52.3 Å². The number of hydrogen-bond donors (Lipinski definition) is 4. The number of allylic oxidation sites excluding steroid dienone is 2. The van der Waals surface area contributed by atoms with Crippen molar-refractivity contribution in [2.24, 2.45) is 45.8 Å². The van der Waals surface area contributed by atoms with Gasteiger partial charge in [-0.2, -0.15) is 0 Å². The number of nitrogens with one attached hydrogen (secondary N) is 3. The smallest absolute Gasteiger partial charge is 0.335 e. The van der Waals surface area contributed by atoms with Crippen LogP contribution in [0.3, 0.4) is 0 Å². The highest BCUT2D eigenvalue weighted by Crippen LogP contribution is 2.75. The van der Waals surface area contributed by atoms with Crippen molar-refractivity contribution in [2.75, 3.05) is 13.1 Å². The summed E-state index contributed by atoms with van der Waals surface area (Å²) in [5, 5.41) is 18.6. The lowest BCUT2D eigenvalue weighted by molar-refractivity contribution is -0.210. The van der Waals surface area contributed by atoms with E-state index in [1.54, 1.807) is 12.1 Å². The Morgan fingerprint density at radius 3 is 2.27 bits per heavy atom. The fourth-order valence-corrected chi connectivity index (χ4v) is 11.9. The van der Waals surface area contributed by atoms with E-state index in [2.05, 4.69) is 49.7 Å². The summed E-state index contributed by atoms with van der Waals surface area (Å²) in [7, 11) is 0. The molecule has 6 rings (SSSR count). The fourth-order valence-electron chi connectivity index (χ4n) is 11.9. The Kier molecular flexibility index (Phi) is 7.94. The zero-order chi connectivity index (χ0) is 31.5. The number of carboxylic acids is 1. The second-order valence-corrected chi connectivity index (χ2v) is 15.8. The first-order chi connectivity index (χ1) is 20.8. The fraction of sp³-hybridized carbons (Fsp3) is 0.703. The Bertz CT molecular complexity index is 1340. The zero-order valence-electron chi connectivity index (χ0n) is 27.4. The normalized spacial score (nSPS) is 40.8. The van der Waals surface area contributed by atoms with Gasteiger partial charge in [-0.25, -0.2) is 9.59 Å². The quantitative estimate of drug-likeness (QED) is 0.262. The molecule has 5 aliphatic rings. The molecule has 0 aromatic heterocycles. The van der Waals surface area contributed by atoms with Crippen LogP contribution in [0, 0.1) is 45.8 Å². The van der Waals surface area contributed by atoms with Crippen molar-refractivity contribution in [1.29, 1.82) is 0 Å². The average Bonchev–Trinajstić information content (AvgIpc) is 3.39. The number of fused-ring (bicyclic) bond motifs is 7. The molecule has 1 aromatic rings. The standard InChI is InChI=1S/C37H53N3O4/c1-23-27(25-8-10-26(11-9-25)32(42)43)14-17-34(3)28(23)15-18-36(5)31(34)13-12-29-30-7-6-16-37(30,20-19-35(29,36)4)40-33(44)39-22-21-38-24(2)41/h8-11,14,23,28-31H,6-7,12-13,15-22H2,1-5H3,(H,38,41)(H,42,43)(H2,39,40,44)/t23?,28?,29-,30?,31?,34?,35-,36?,37?/m1/s1. The number of carbonyl (C=O) groups is 3. The molecule has 0 radical (unpaired) electrons. The molecule has 44 heavy (non-hydrogen) atoms. The molecule has 3 amide bonds. The zero-order valence-corrected chi connectivity index (χ0v) is 27.4. The van der Waals surface area contributed by atoms with E-state index >= 15 is 0 Å². The first kappa shape index (κ1) is 31.2. The number of hydrogen-bond acceptors (Lipinski definition) is 3. The molecular weight excluding hydrogens is 550 g/mol. The van der Waals surface area contributed by atoms with Crippen molar-refractivity contribution in [3.63, 3.8) is 0 Å². The minimum Gasteiger partial charge on any atom is -0.478 e. The maximum absolute atomic E-state index is 13.1. The van der Waals surface area contributed by atoms with Gasteiger partial charge < -0.3 is 21.1 Å². The van der Waals surface area contributed by atoms with Crippen molar-refractivity contribution in [3.05, 3.63) is 41.5 Å². The monoisotopic (exact) mass is 603 g/mol. The highest BCUT2D eigenvalue weighted by atomic mass is 16.4. The van der Waals surface area contributed by atoms with Crippen molar-refractivity contribution in [3.8, 4) is 0 Å². The molecule has 0 bridgehead atoms. The van der Waals surface area contributed by atoms with E-state index in [1.807, 2.05) is 12.1 Å². The lowest BCUT2D eigenvalue weighted by atomic mass is 9.34. The summed E-state index contributed by atoms with van der Waals surface area (Å²) >= 11 is 0. The van der Waals surface area contributed by atoms with Gasteiger partial charge in [0.15, 0.2) is 0 Å². The van der Waals surface area contributed by atoms with Gasteiger partial charge in [0, 0.05) is 25.6 Å². The second kappa shape index (κ2) is 11.2. The van der Waals surface area contributed by atoms with Crippen molar-refractivity contribution >= 4 is 23.5 Å². The van der Waals surface area contributed by atoms with Crippen LogP contribution in [0.5, 0.6) is 0 Å². The summed E-state index contributed by atoms with van der Waals surface area (Å²) in [5.41, 5.74) is 3.57. The van der Waals surface area contributed by atoms with Gasteiger partial charge in [-0.15, -0.1) is 0 Å². The van der Waals surface area contributed by atoms with Crippen LogP contribution in [0.25, 0.3) is 5.57 Å². The Morgan fingerprint density at radius 2 is 1.57 bits per heavy atom. The number of aromatic carboxylic acids is 1. The maximum atomic E-state index is 13.1. The first-order valence-electron chi connectivity index (χ1n) is 17.2. The lowest BCUT2D eigenvalue weighted by Gasteiger charge is -2.71. The highest BCUT2D eigenvalue weighted by Gasteiger charge is 2.68. The molecule has 7 heteroatoms. The summed E-state index contributed by atoms with van der Waals surface area (Å²) in [5.74, 6) is 1.94. The van der Waals surface area contributed by atoms with Crippen LogP contribution in [0.2, 0.25) is 0 Å². The van der Waals surface area contributed by atoms with Gasteiger partial charge in [0.05, 0.1) is 5.56 Å². The van der Waals surface area contributed by atoms with Gasteiger partial charge in [0.1, 0.15) is 0 Å². The van der Waals surface area contributed by atoms with E-state index in [-0.39, 0.29) is 33.7 Å². The van der Waals surface area contributed by atoms with E-state index < -0.39 is 5.97 Å². The number of carbonyl (C=O) groups excluding carboxylic acids is 2. The molecule has 4 saturated carbocycles. The minimum atomic E-state index is -0.874.